The van der Waals surface area contributed by atoms with Crippen molar-refractivity contribution in [1.82, 2.24) is 29.4 Å². The number of aromatic nitrogens is 4. The number of thiazole rings is 1. The van der Waals surface area contributed by atoms with E-state index >= 15 is 0 Å². The summed E-state index contributed by atoms with van der Waals surface area (Å²) >= 11 is 2.88. The number of ketones is 1. The minimum atomic E-state index is -0.446. The van der Waals surface area contributed by atoms with E-state index in [1.807, 2.05) is 52.6 Å². The van der Waals surface area contributed by atoms with Gasteiger partial charge in [0.25, 0.3) is 0 Å². The SMILES string of the molecule is CCc1nc2sc(C3CCN(CC(=O)N4CC(O)C4)[C@H](C(C)=O)C3)nn2c1N(C)c1nc(-c2ccc(C)cc2)c(C#N)s1. The van der Waals surface area contributed by atoms with Crippen molar-refractivity contribution in [2.75, 3.05) is 38.1 Å². The maximum atomic E-state index is 12.7. The van der Waals surface area contributed by atoms with Crippen molar-refractivity contribution in [1.29, 1.82) is 5.26 Å². The Hall–Kier alpha value is -3.70. The number of anilines is 2. The molecule has 11 nitrogen and oxygen atoms in total. The molecule has 4 aromatic rings. The predicted molar refractivity (Wildman–Crippen MR) is 166 cm³/mol. The Morgan fingerprint density at radius 2 is 1.93 bits per heavy atom. The normalized spacial score (nSPS) is 19.4. The van der Waals surface area contributed by atoms with Gasteiger partial charge in [-0.15, -0.1) is 0 Å². The van der Waals surface area contributed by atoms with Crippen molar-refractivity contribution in [3.05, 3.63) is 45.4 Å². The number of Topliss-reactive ketones (excluding diaryl/α,β-unsaturated/α-hetero) is 1. The molecule has 2 saturated heterocycles. The molecule has 3 aromatic heterocycles. The van der Waals surface area contributed by atoms with Crippen LogP contribution in [0.5, 0.6) is 0 Å². The number of carbonyl (C=O) groups excluding carboxylic acids is 2. The van der Waals surface area contributed by atoms with Crippen LogP contribution in [0.15, 0.2) is 24.3 Å². The Morgan fingerprint density at radius 1 is 1.19 bits per heavy atom. The topological polar surface area (TPSA) is 131 Å². The summed E-state index contributed by atoms with van der Waals surface area (Å²) in [6, 6.07) is 9.96. The summed E-state index contributed by atoms with van der Waals surface area (Å²) in [6.07, 6.45) is 1.63. The van der Waals surface area contributed by atoms with E-state index in [0.29, 0.717) is 48.2 Å². The minimum absolute atomic E-state index is 0.0395. The van der Waals surface area contributed by atoms with Crippen LogP contribution in [0.3, 0.4) is 0 Å². The first kappa shape index (κ1) is 29.4. The lowest BCUT2D eigenvalue weighted by molar-refractivity contribution is -0.144. The molecule has 0 bridgehead atoms. The van der Waals surface area contributed by atoms with Crippen molar-refractivity contribution in [3.63, 3.8) is 0 Å². The van der Waals surface area contributed by atoms with E-state index in [9.17, 15) is 20.0 Å². The average molecular weight is 619 g/mol. The number of piperidine rings is 1. The molecule has 1 aromatic carbocycles. The second kappa shape index (κ2) is 11.8. The fourth-order valence-corrected chi connectivity index (χ4v) is 7.75. The maximum absolute atomic E-state index is 12.7. The van der Waals surface area contributed by atoms with Crippen LogP contribution < -0.4 is 4.90 Å². The Balaban J connectivity index is 1.26. The van der Waals surface area contributed by atoms with Gasteiger partial charge in [-0.25, -0.2) is 9.97 Å². The Labute approximate surface area is 258 Å². The van der Waals surface area contributed by atoms with Gasteiger partial charge in [0, 0.05) is 38.2 Å². The predicted octanol–water partition coefficient (Wildman–Crippen LogP) is 3.76. The zero-order valence-corrected chi connectivity index (χ0v) is 26.3. The number of aliphatic hydroxyl groups is 1. The third-order valence-electron chi connectivity index (χ3n) is 8.33. The summed E-state index contributed by atoms with van der Waals surface area (Å²) in [7, 11) is 1.93. The quantitative estimate of drug-likeness (QED) is 0.314. The van der Waals surface area contributed by atoms with Crippen molar-refractivity contribution in [2.45, 2.75) is 58.1 Å². The first-order valence-electron chi connectivity index (χ1n) is 14.5. The Bertz CT molecular complexity index is 1710. The molecule has 224 valence electrons. The third kappa shape index (κ3) is 5.56. The molecular weight excluding hydrogens is 585 g/mol. The number of nitrogens with zero attached hydrogens (tertiary/aromatic N) is 8. The van der Waals surface area contributed by atoms with Gasteiger partial charge in [0.2, 0.25) is 10.9 Å². The van der Waals surface area contributed by atoms with Gasteiger partial charge in [-0.2, -0.15) is 14.9 Å². The smallest absolute Gasteiger partial charge is 0.236 e. The van der Waals surface area contributed by atoms with E-state index < -0.39 is 6.10 Å². The van der Waals surface area contributed by atoms with Crippen molar-refractivity contribution in [3.8, 4) is 17.3 Å². The number of nitriles is 1. The lowest BCUT2D eigenvalue weighted by Crippen LogP contribution is -2.58. The number of carbonyl (C=O) groups is 2. The van der Waals surface area contributed by atoms with Crippen LogP contribution in [0.25, 0.3) is 16.2 Å². The number of fused-ring (bicyclic) bond motifs is 1. The molecule has 6 rings (SSSR count). The number of aliphatic hydroxyl groups excluding tert-OH is 1. The molecular formula is C30H34N8O3S2. The summed E-state index contributed by atoms with van der Waals surface area (Å²) in [5.74, 6) is 0.878. The summed E-state index contributed by atoms with van der Waals surface area (Å²) in [5.41, 5.74) is 3.60. The molecule has 0 radical (unpaired) electrons. The number of hydrogen-bond donors (Lipinski definition) is 1. The van der Waals surface area contributed by atoms with Crippen molar-refractivity contribution < 1.29 is 14.7 Å². The van der Waals surface area contributed by atoms with Crippen LogP contribution in [0, 0.1) is 18.3 Å². The third-order valence-corrected chi connectivity index (χ3v) is 10.4. The molecule has 1 unspecified atom stereocenters. The molecule has 0 saturated carbocycles. The first-order valence-corrected chi connectivity index (χ1v) is 16.1. The van der Waals surface area contributed by atoms with E-state index in [2.05, 4.69) is 13.0 Å². The lowest BCUT2D eigenvalue weighted by atomic mass is 9.89. The van der Waals surface area contributed by atoms with E-state index in [4.69, 9.17) is 15.1 Å². The van der Waals surface area contributed by atoms with E-state index in [-0.39, 0.29) is 30.2 Å². The molecule has 2 atom stereocenters. The van der Waals surface area contributed by atoms with Crippen LogP contribution in [-0.4, -0.2) is 91.6 Å². The van der Waals surface area contributed by atoms with Gasteiger partial charge in [0.05, 0.1) is 24.4 Å². The molecule has 1 N–H and O–H groups in total. The molecule has 2 aliphatic heterocycles. The fourth-order valence-electron chi connectivity index (χ4n) is 5.84. The molecule has 2 aliphatic rings. The highest BCUT2D eigenvalue weighted by atomic mass is 32.1. The number of imidazole rings is 1. The van der Waals surface area contributed by atoms with Gasteiger partial charge < -0.3 is 14.9 Å². The number of amides is 1. The van der Waals surface area contributed by atoms with Gasteiger partial charge >= 0.3 is 0 Å². The molecule has 0 aliphatic carbocycles. The van der Waals surface area contributed by atoms with Crippen LogP contribution >= 0.6 is 22.7 Å². The molecule has 13 heteroatoms. The summed E-state index contributed by atoms with van der Waals surface area (Å²) < 4.78 is 1.87. The molecule has 2 fully saturated rings. The highest BCUT2D eigenvalue weighted by Gasteiger charge is 2.37. The lowest BCUT2D eigenvalue weighted by Gasteiger charge is -2.41. The Morgan fingerprint density at radius 3 is 2.58 bits per heavy atom. The first-order chi connectivity index (χ1) is 20.7. The summed E-state index contributed by atoms with van der Waals surface area (Å²) in [5, 5.41) is 26.0. The second-order valence-corrected chi connectivity index (χ2v) is 13.3. The number of aryl methyl sites for hydroxylation is 2. The van der Waals surface area contributed by atoms with Crippen molar-refractivity contribution >= 4 is 50.3 Å². The zero-order valence-electron chi connectivity index (χ0n) is 24.6. The number of rotatable bonds is 8. The molecule has 0 spiro atoms. The summed E-state index contributed by atoms with van der Waals surface area (Å²) in [6.45, 7) is 7.19. The number of hydrogen-bond acceptors (Lipinski definition) is 11. The van der Waals surface area contributed by atoms with Gasteiger partial charge in [-0.05, 0) is 33.1 Å². The molecule has 5 heterocycles. The largest absolute Gasteiger partial charge is 0.389 e. The van der Waals surface area contributed by atoms with E-state index in [1.165, 1.54) is 22.7 Å². The number of likely N-dealkylation sites (tertiary alicyclic amines) is 2. The van der Waals surface area contributed by atoms with Crippen LogP contribution in [0.4, 0.5) is 10.9 Å². The van der Waals surface area contributed by atoms with E-state index in [0.717, 1.165) is 39.0 Å². The van der Waals surface area contributed by atoms with Crippen LogP contribution in [0.2, 0.25) is 0 Å². The average Bonchev–Trinajstić information content (AvgIpc) is 3.68. The number of benzene rings is 1. The zero-order chi connectivity index (χ0) is 30.4. The summed E-state index contributed by atoms with van der Waals surface area (Å²) in [4.78, 5) is 42.0. The van der Waals surface area contributed by atoms with Gasteiger partial charge in [0.15, 0.2) is 10.9 Å². The molecule has 1 amide bonds. The standard InChI is InChI=1S/C30H34N8O3S2/c1-5-22-28(35(4)29-33-26(24(13-31)42-29)19-8-6-17(2)7-9-19)38-30(32-22)43-27(34-38)20-10-11-36(23(12-20)18(3)39)16-25(41)37-14-21(40)15-37/h6-9,20-21,23,40H,5,10-12,14-16H2,1-4H3/t20?,23-/m0/s1. The highest BCUT2D eigenvalue weighted by Crippen LogP contribution is 2.39. The van der Waals surface area contributed by atoms with Gasteiger partial charge in [0.1, 0.15) is 27.4 Å². The maximum Gasteiger partial charge on any atom is 0.236 e. The van der Waals surface area contributed by atoms with Crippen LogP contribution in [0.1, 0.15) is 53.7 Å². The monoisotopic (exact) mass is 618 g/mol. The fraction of sp³-hybridized carbons (Fsp3) is 0.467. The van der Waals surface area contributed by atoms with Crippen LogP contribution in [-0.2, 0) is 16.0 Å². The minimum Gasteiger partial charge on any atom is -0.389 e. The van der Waals surface area contributed by atoms with Gasteiger partial charge in [-0.1, -0.05) is 59.4 Å². The van der Waals surface area contributed by atoms with E-state index in [1.54, 1.807) is 11.8 Å². The highest BCUT2D eigenvalue weighted by molar-refractivity contribution is 7.17. The Kier molecular flexibility index (Phi) is 8.04. The second-order valence-electron chi connectivity index (χ2n) is 11.4. The molecule has 43 heavy (non-hydrogen) atoms. The van der Waals surface area contributed by atoms with Crippen molar-refractivity contribution in [2.24, 2.45) is 0 Å². The van der Waals surface area contributed by atoms with Gasteiger partial charge in [-0.3, -0.25) is 14.5 Å². The number of β-amino-alcohol motifs (C(OH)–C–C–N with tert-alkyl or cyclic N) is 1.